The van der Waals surface area contributed by atoms with Crippen molar-refractivity contribution in [1.29, 1.82) is 0 Å². The summed E-state index contributed by atoms with van der Waals surface area (Å²) in [7, 11) is 1.64. The molecule has 0 bridgehead atoms. The second-order valence-electron chi connectivity index (χ2n) is 10.2. The lowest BCUT2D eigenvalue weighted by Crippen LogP contribution is -2.51. The molecular weight excluding hydrogens is 451 g/mol. The summed E-state index contributed by atoms with van der Waals surface area (Å²) in [6.45, 7) is 8.74. The van der Waals surface area contributed by atoms with Gasteiger partial charge in [-0.15, -0.1) is 0 Å². The molecule has 0 aliphatic carbocycles. The Labute approximate surface area is 207 Å². The fourth-order valence-corrected chi connectivity index (χ4v) is 5.47. The van der Waals surface area contributed by atoms with E-state index in [2.05, 4.69) is 9.80 Å². The number of likely N-dealkylation sites (tertiary alicyclic amines) is 1. The molecule has 1 spiro atoms. The molecule has 3 heterocycles. The van der Waals surface area contributed by atoms with Gasteiger partial charge in [0, 0.05) is 71.9 Å². The Morgan fingerprint density at radius 3 is 2.34 bits per heavy atom. The Hall–Kier alpha value is -2.68. The predicted octanol–water partition coefficient (Wildman–Crippen LogP) is 2.13. The van der Waals surface area contributed by atoms with E-state index < -0.39 is 11.5 Å². The highest BCUT2D eigenvalue weighted by molar-refractivity contribution is 5.87. The molecule has 3 aliphatic heterocycles. The van der Waals surface area contributed by atoms with Crippen molar-refractivity contribution in [1.82, 2.24) is 14.7 Å². The van der Waals surface area contributed by atoms with Gasteiger partial charge < -0.3 is 19.4 Å². The minimum absolute atomic E-state index is 0.0692. The average molecular weight is 489 g/mol. The molecule has 1 aromatic carbocycles. The summed E-state index contributed by atoms with van der Waals surface area (Å²) >= 11 is 0. The van der Waals surface area contributed by atoms with Crippen molar-refractivity contribution in [3.05, 3.63) is 30.1 Å². The number of hydrogen-bond acceptors (Lipinski definition) is 6. The Balaban J connectivity index is 1.21. The van der Waals surface area contributed by atoms with Gasteiger partial charge in [-0.05, 0) is 50.5 Å². The van der Waals surface area contributed by atoms with Crippen molar-refractivity contribution in [3.8, 4) is 0 Å². The van der Waals surface area contributed by atoms with E-state index in [9.17, 15) is 18.8 Å². The van der Waals surface area contributed by atoms with Gasteiger partial charge >= 0.3 is 5.97 Å². The molecule has 2 amide bonds. The van der Waals surface area contributed by atoms with Crippen LogP contribution in [0.15, 0.2) is 24.3 Å². The molecule has 2 atom stereocenters. The van der Waals surface area contributed by atoms with Crippen molar-refractivity contribution < 1.29 is 23.5 Å². The molecule has 35 heavy (non-hydrogen) atoms. The van der Waals surface area contributed by atoms with E-state index in [-0.39, 0.29) is 29.7 Å². The Morgan fingerprint density at radius 2 is 1.74 bits per heavy atom. The zero-order chi connectivity index (χ0) is 25.2. The van der Waals surface area contributed by atoms with Crippen molar-refractivity contribution in [2.45, 2.75) is 51.7 Å². The number of likely N-dealkylation sites (N-methyl/N-ethyl adjacent to an activating group) is 1. The van der Waals surface area contributed by atoms with Crippen LogP contribution in [0.3, 0.4) is 0 Å². The normalized spacial score (nSPS) is 23.3. The number of benzene rings is 1. The topological polar surface area (TPSA) is 73.4 Å². The first kappa shape index (κ1) is 25.4. The van der Waals surface area contributed by atoms with Crippen LogP contribution in [0.2, 0.25) is 0 Å². The highest BCUT2D eigenvalue weighted by Gasteiger charge is 2.51. The Kier molecular flexibility index (Phi) is 7.64. The molecular formula is C26H37FN4O4. The van der Waals surface area contributed by atoms with Crippen LogP contribution in [-0.2, 0) is 19.1 Å². The molecule has 3 saturated heterocycles. The maximum absolute atomic E-state index is 13.2. The van der Waals surface area contributed by atoms with Gasteiger partial charge in [-0.3, -0.25) is 19.3 Å². The van der Waals surface area contributed by atoms with E-state index in [1.807, 2.05) is 12.1 Å². The third kappa shape index (κ3) is 5.60. The maximum atomic E-state index is 13.2. The lowest BCUT2D eigenvalue weighted by atomic mass is 9.75. The first-order valence-corrected chi connectivity index (χ1v) is 12.6. The van der Waals surface area contributed by atoms with Gasteiger partial charge in [0.2, 0.25) is 11.8 Å². The van der Waals surface area contributed by atoms with E-state index >= 15 is 0 Å². The van der Waals surface area contributed by atoms with Crippen molar-refractivity contribution >= 4 is 23.5 Å². The van der Waals surface area contributed by atoms with Crippen LogP contribution < -0.4 is 4.90 Å². The number of hydrogen-bond donors (Lipinski definition) is 0. The lowest BCUT2D eigenvalue weighted by Gasteiger charge is -2.38. The number of halogens is 1. The number of amides is 2. The number of carbonyl (C=O) groups excluding carboxylic acids is 3. The van der Waals surface area contributed by atoms with Crippen molar-refractivity contribution in [3.63, 3.8) is 0 Å². The van der Waals surface area contributed by atoms with Gasteiger partial charge in [-0.1, -0.05) is 0 Å². The molecule has 0 unspecified atom stereocenters. The van der Waals surface area contributed by atoms with Gasteiger partial charge in [0.15, 0.2) is 0 Å². The molecule has 0 radical (unpaired) electrons. The summed E-state index contributed by atoms with van der Waals surface area (Å²) in [5.74, 6) is -0.549. The van der Waals surface area contributed by atoms with E-state index in [1.54, 1.807) is 18.9 Å². The second-order valence-corrected chi connectivity index (χ2v) is 10.2. The van der Waals surface area contributed by atoms with E-state index in [1.165, 1.54) is 24.0 Å². The molecule has 192 valence electrons. The molecule has 0 N–H and O–H groups in total. The molecule has 0 saturated carbocycles. The summed E-state index contributed by atoms with van der Waals surface area (Å²) in [5, 5.41) is 0. The zero-order valence-electron chi connectivity index (χ0n) is 21.0. The van der Waals surface area contributed by atoms with Crippen LogP contribution in [0.25, 0.3) is 0 Å². The number of esters is 1. The molecule has 3 aliphatic rings. The summed E-state index contributed by atoms with van der Waals surface area (Å²) in [4.78, 5) is 45.1. The smallest absolute Gasteiger partial charge is 0.312 e. The molecule has 0 aromatic heterocycles. The first-order chi connectivity index (χ1) is 16.7. The quantitative estimate of drug-likeness (QED) is 0.572. The minimum atomic E-state index is -0.506. The molecule has 4 rings (SSSR count). The van der Waals surface area contributed by atoms with Gasteiger partial charge in [0.25, 0.3) is 0 Å². The monoisotopic (exact) mass is 488 g/mol. The standard InChI is InChI=1S/C26H37FN4O4/c1-19(28(3)20(2)32)24(33)31-12-9-26(10-13-31)18-23(35-25(26)34)8-11-29-14-16-30(17-15-29)22-6-4-21(27)5-7-22/h4-7,19,23H,8-18H2,1-3H3/t19-,23+/m1/s1. The fraction of sp³-hybridized carbons (Fsp3) is 0.654. The van der Waals surface area contributed by atoms with E-state index in [0.29, 0.717) is 32.4 Å². The average Bonchev–Trinajstić information content (AvgIpc) is 3.17. The molecule has 3 fully saturated rings. The van der Waals surface area contributed by atoms with E-state index in [4.69, 9.17) is 4.74 Å². The summed E-state index contributed by atoms with van der Waals surface area (Å²) in [6.07, 6.45) is 2.67. The van der Waals surface area contributed by atoms with Crippen LogP contribution in [0, 0.1) is 11.2 Å². The third-order valence-corrected chi connectivity index (χ3v) is 8.12. The molecule has 9 heteroatoms. The fourth-order valence-electron chi connectivity index (χ4n) is 5.47. The van der Waals surface area contributed by atoms with E-state index in [0.717, 1.165) is 44.8 Å². The number of piperidine rings is 1. The number of anilines is 1. The molecule has 8 nitrogen and oxygen atoms in total. The minimum Gasteiger partial charge on any atom is -0.462 e. The van der Waals surface area contributed by atoms with Crippen LogP contribution >= 0.6 is 0 Å². The second kappa shape index (κ2) is 10.5. The number of nitrogens with zero attached hydrogens (tertiary/aromatic N) is 4. The van der Waals surface area contributed by atoms with Crippen molar-refractivity contribution in [2.75, 3.05) is 57.8 Å². The number of cyclic esters (lactones) is 1. The largest absolute Gasteiger partial charge is 0.462 e. The zero-order valence-corrected chi connectivity index (χ0v) is 21.0. The maximum Gasteiger partial charge on any atom is 0.312 e. The van der Waals surface area contributed by atoms with Gasteiger partial charge in [-0.2, -0.15) is 0 Å². The summed E-state index contributed by atoms with van der Waals surface area (Å²) < 4.78 is 19.0. The summed E-state index contributed by atoms with van der Waals surface area (Å²) in [6, 6.07) is 6.13. The lowest BCUT2D eigenvalue weighted by molar-refractivity contribution is -0.153. The Bertz CT molecular complexity index is 924. The van der Waals surface area contributed by atoms with Gasteiger partial charge in [0.05, 0.1) is 5.41 Å². The number of ether oxygens (including phenoxy) is 1. The molecule has 1 aromatic rings. The number of carbonyl (C=O) groups is 3. The highest BCUT2D eigenvalue weighted by Crippen LogP contribution is 2.44. The Morgan fingerprint density at radius 1 is 1.11 bits per heavy atom. The van der Waals surface area contributed by atoms with Crippen LogP contribution in [0.4, 0.5) is 10.1 Å². The third-order valence-electron chi connectivity index (χ3n) is 8.12. The van der Waals surface area contributed by atoms with Crippen LogP contribution in [0.1, 0.15) is 39.5 Å². The SMILES string of the molecule is CC(=O)N(C)[C@H](C)C(=O)N1CCC2(CC1)C[C@H](CCN1CCN(c3ccc(F)cc3)CC1)OC2=O. The number of piperazine rings is 1. The highest BCUT2D eigenvalue weighted by atomic mass is 19.1. The predicted molar refractivity (Wildman–Crippen MR) is 130 cm³/mol. The number of rotatable bonds is 6. The van der Waals surface area contributed by atoms with Gasteiger partial charge in [0.1, 0.15) is 18.0 Å². The summed E-state index contributed by atoms with van der Waals surface area (Å²) in [5.41, 5.74) is 0.559. The van der Waals surface area contributed by atoms with Crippen LogP contribution in [-0.4, -0.2) is 97.5 Å². The van der Waals surface area contributed by atoms with Gasteiger partial charge in [-0.25, -0.2) is 4.39 Å². The van der Waals surface area contributed by atoms with Crippen LogP contribution in [0.5, 0.6) is 0 Å². The van der Waals surface area contributed by atoms with Crippen molar-refractivity contribution in [2.24, 2.45) is 5.41 Å². The first-order valence-electron chi connectivity index (χ1n) is 12.6.